The maximum atomic E-state index is 12.2. The fraction of sp³-hybridized carbons (Fsp3) is 0.200. The SMILES string of the molecule is COc1cc(OC)cc(C(=O)NNC(=O)/C=C/c2ccc3c(c2)OCCO3)c1. The molecule has 0 unspecified atom stereocenters. The number of nitrogens with one attached hydrogen (secondary N) is 2. The van der Waals surface area contributed by atoms with E-state index in [2.05, 4.69) is 10.9 Å². The van der Waals surface area contributed by atoms with E-state index in [0.29, 0.717) is 36.2 Å². The van der Waals surface area contributed by atoms with Crippen LogP contribution in [0.5, 0.6) is 23.0 Å². The molecular formula is C20H20N2O6. The highest BCUT2D eigenvalue weighted by Crippen LogP contribution is 2.31. The van der Waals surface area contributed by atoms with E-state index < -0.39 is 11.8 Å². The summed E-state index contributed by atoms with van der Waals surface area (Å²) in [5.41, 5.74) is 5.72. The van der Waals surface area contributed by atoms with Crippen molar-refractivity contribution in [2.24, 2.45) is 0 Å². The average molecular weight is 384 g/mol. The summed E-state index contributed by atoms with van der Waals surface area (Å²) in [6.45, 7) is 1.01. The number of amides is 2. The van der Waals surface area contributed by atoms with Crippen molar-refractivity contribution in [1.82, 2.24) is 10.9 Å². The van der Waals surface area contributed by atoms with Gasteiger partial charge in [0.25, 0.3) is 11.8 Å². The van der Waals surface area contributed by atoms with Gasteiger partial charge in [-0.25, -0.2) is 0 Å². The van der Waals surface area contributed by atoms with Gasteiger partial charge in [0.2, 0.25) is 0 Å². The third-order valence-electron chi connectivity index (χ3n) is 3.91. The van der Waals surface area contributed by atoms with Crippen molar-refractivity contribution < 1.29 is 28.5 Å². The molecule has 1 aliphatic heterocycles. The molecule has 3 rings (SSSR count). The summed E-state index contributed by atoms with van der Waals surface area (Å²) in [4.78, 5) is 24.2. The summed E-state index contributed by atoms with van der Waals surface area (Å²) in [5.74, 6) is 1.25. The Labute approximate surface area is 162 Å². The number of hydrazine groups is 1. The lowest BCUT2D eigenvalue weighted by Gasteiger charge is -2.18. The highest BCUT2D eigenvalue weighted by Gasteiger charge is 2.12. The Bertz CT molecular complexity index is 887. The van der Waals surface area contributed by atoms with Gasteiger partial charge in [-0.15, -0.1) is 0 Å². The Morgan fingerprint density at radius 3 is 2.29 bits per heavy atom. The molecule has 8 nitrogen and oxygen atoms in total. The van der Waals surface area contributed by atoms with Crippen LogP contribution in [0.1, 0.15) is 15.9 Å². The number of rotatable bonds is 5. The molecule has 2 N–H and O–H groups in total. The monoisotopic (exact) mass is 384 g/mol. The minimum absolute atomic E-state index is 0.285. The lowest BCUT2D eigenvalue weighted by atomic mass is 10.2. The molecule has 0 radical (unpaired) electrons. The molecule has 0 fully saturated rings. The fourth-order valence-corrected chi connectivity index (χ4v) is 2.51. The van der Waals surface area contributed by atoms with Gasteiger partial charge >= 0.3 is 0 Å². The van der Waals surface area contributed by atoms with E-state index in [-0.39, 0.29) is 5.56 Å². The van der Waals surface area contributed by atoms with Gasteiger partial charge in [0.1, 0.15) is 24.7 Å². The first-order valence-electron chi connectivity index (χ1n) is 8.50. The topological polar surface area (TPSA) is 95.1 Å². The summed E-state index contributed by atoms with van der Waals surface area (Å²) in [7, 11) is 2.97. The van der Waals surface area contributed by atoms with Crippen LogP contribution in [0.3, 0.4) is 0 Å². The van der Waals surface area contributed by atoms with Crippen LogP contribution >= 0.6 is 0 Å². The first-order valence-corrected chi connectivity index (χ1v) is 8.50. The molecule has 2 amide bonds. The molecule has 1 aliphatic rings. The average Bonchev–Trinajstić information content (AvgIpc) is 2.75. The van der Waals surface area contributed by atoms with Crippen molar-refractivity contribution >= 4 is 17.9 Å². The quantitative estimate of drug-likeness (QED) is 0.604. The summed E-state index contributed by atoms with van der Waals surface area (Å²) in [6.07, 6.45) is 2.91. The molecule has 2 aromatic carbocycles. The largest absolute Gasteiger partial charge is 0.497 e. The van der Waals surface area contributed by atoms with E-state index >= 15 is 0 Å². The minimum atomic E-state index is -0.502. The Hall–Kier alpha value is -3.68. The number of ether oxygens (including phenoxy) is 4. The van der Waals surface area contributed by atoms with E-state index in [1.165, 1.54) is 32.4 Å². The predicted molar refractivity (Wildman–Crippen MR) is 102 cm³/mol. The van der Waals surface area contributed by atoms with Crippen molar-refractivity contribution in [3.8, 4) is 23.0 Å². The van der Waals surface area contributed by atoms with Crippen LogP contribution in [0.4, 0.5) is 0 Å². The number of benzene rings is 2. The van der Waals surface area contributed by atoms with Crippen molar-refractivity contribution in [2.75, 3.05) is 27.4 Å². The number of carbonyl (C=O) groups excluding carboxylic acids is 2. The first-order chi connectivity index (χ1) is 13.6. The Balaban J connectivity index is 1.58. The number of methoxy groups -OCH3 is 2. The van der Waals surface area contributed by atoms with Crippen molar-refractivity contribution in [3.05, 3.63) is 53.6 Å². The Morgan fingerprint density at radius 1 is 0.929 bits per heavy atom. The van der Waals surface area contributed by atoms with Gasteiger partial charge in [-0.05, 0) is 35.9 Å². The molecule has 0 bridgehead atoms. The van der Waals surface area contributed by atoms with Gasteiger partial charge in [0.05, 0.1) is 14.2 Å². The Morgan fingerprint density at radius 2 is 1.61 bits per heavy atom. The summed E-state index contributed by atoms with van der Waals surface area (Å²) < 4.78 is 21.2. The zero-order chi connectivity index (χ0) is 19.9. The third kappa shape index (κ3) is 4.73. The normalized spacial score (nSPS) is 12.4. The molecule has 0 aromatic heterocycles. The van der Waals surface area contributed by atoms with Crippen LogP contribution in [-0.4, -0.2) is 39.2 Å². The molecule has 0 atom stereocenters. The lowest BCUT2D eigenvalue weighted by Crippen LogP contribution is -2.40. The van der Waals surface area contributed by atoms with Crippen LogP contribution in [0.2, 0.25) is 0 Å². The highest BCUT2D eigenvalue weighted by molar-refractivity contribution is 5.98. The molecule has 0 saturated heterocycles. The molecule has 8 heteroatoms. The number of hydrogen-bond donors (Lipinski definition) is 2. The predicted octanol–water partition coefficient (Wildman–Crippen LogP) is 1.95. The van der Waals surface area contributed by atoms with Crippen LogP contribution in [0.25, 0.3) is 6.08 Å². The lowest BCUT2D eigenvalue weighted by molar-refractivity contribution is -0.117. The zero-order valence-corrected chi connectivity index (χ0v) is 15.5. The van der Waals surface area contributed by atoms with Gasteiger partial charge in [0, 0.05) is 17.7 Å². The maximum absolute atomic E-state index is 12.2. The van der Waals surface area contributed by atoms with Crippen LogP contribution in [0.15, 0.2) is 42.5 Å². The number of fused-ring (bicyclic) bond motifs is 1. The van der Waals surface area contributed by atoms with Crippen LogP contribution in [-0.2, 0) is 4.79 Å². The first kappa shape index (κ1) is 19.1. The third-order valence-corrected chi connectivity index (χ3v) is 3.91. The Kier molecular flexibility index (Phi) is 6.01. The van der Waals surface area contributed by atoms with E-state index in [1.807, 2.05) is 0 Å². The molecule has 146 valence electrons. The maximum Gasteiger partial charge on any atom is 0.269 e. The van der Waals surface area contributed by atoms with Gasteiger partial charge in [-0.2, -0.15) is 0 Å². The van der Waals surface area contributed by atoms with Crippen LogP contribution in [0, 0.1) is 0 Å². The van der Waals surface area contributed by atoms with Crippen molar-refractivity contribution in [2.45, 2.75) is 0 Å². The molecule has 0 aliphatic carbocycles. The highest BCUT2D eigenvalue weighted by atomic mass is 16.6. The second-order valence-electron chi connectivity index (χ2n) is 5.78. The smallest absolute Gasteiger partial charge is 0.269 e. The van der Waals surface area contributed by atoms with E-state index in [4.69, 9.17) is 18.9 Å². The summed E-state index contributed by atoms with van der Waals surface area (Å²) in [6, 6.07) is 10.1. The second kappa shape index (κ2) is 8.81. The van der Waals surface area contributed by atoms with Crippen molar-refractivity contribution in [1.29, 1.82) is 0 Å². The summed E-state index contributed by atoms with van der Waals surface area (Å²) >= 11 is 0. The molecular weight excluding hydrogens is 364 g/mol. The molecule has 28 heavy (non-hydrogen) atoms. The molecule has 1 heterocycles. The minimum Gasteiger partial charge on any atom is -0.497 e. The zero-order valence-electron chi connectivity index (χ0n) is 15.5. The van der Waals surface area contributed by atoms with E-state index in [9.17, 15) is 9.59 Å². The number of hydrogen-bond acceptors (Lipinski definition) is 6. The molecule has 0 spiro atoms. The fourth-order valence-electron chi connectivity index (χ4n) is 2.51. The standard InChI is InChI=1S/C20H20N2O6/c1-25-15-10-14(11-16(12-15)26-2)20(24)22-21-19(23)6-4-13-3-5-17-18(9-13)28-8-7-27-17/h3-6,9-12H,7-8H2,1-2H3,(H,21,23)(H,22,24)/b6-4+. The molecule has 0 saturated carbocycles. The van der Waals surface area contributed by atoms with Gasteiger partial charge < -0.3 is 18.9 Å². The number of carbonyl (C=O) groups is 2. The van der Waals surface area contributed by atoms with E-state index in [1.54, 1.807) is 30.3 Å². The second-order valence-corrected chi connectivity index (χ2v) is 5.78. The van der Waals surface area contributed by atoms with Gasteiger partial charge in [-0.1, -0.05) is 6.07 Å². The van der Waals surface area contributed by atoms with Crippen LogP contribution < -0.4 is 29.8 Å². The van der Waals surface area contributed by atoms with Gasteiger partial charge in [-0.3, -0.25) is 20.4 Å². The summed E-state index contributed by atoms with van der Waals surface area (Å²) in [5, 5.41) is 0. The van der Waals surface area contributed by atoms with E-state index in [0.717, 1.165) is 5.56 Å². The van der Waals surface area contributed by atoms with Gasteiger partial charge in [0.15, 0.2) is 11.5 Å². The molecule has 2 aromatic rings. The van der Waals surface area contributed by atoms with Crippen molar-refractivity contribution in [3.63, 3.8) is 0 Å².